The van der Waals surface area contributed by atoms with Crippen LogP contribution in [0.5, 0.6) is 11.5 Å². The van der Waals surface area contributed by atoms with Crippen LogP contribution in [0, 0.1) is 0 Å². The second-order valence-corrected chi connectivity index (χ2v) is 8.12. The molecular formula is C22H23N5O4S. The van der Waals surface area contributed by atoms with Crippen molar-refractivity contribution in [1.29, 1.82) is 0 Å². The minimum atomic E-state index is -0.572. The predicted molar refractivity (Wildman–Crippen MR) is 122 cm³/mol. The number of nitrogens with zero attached hydrogens (tertiary/aromatic N) is 3. The molecule has 1 fully saturated rings. The van der Waals surface area contributed by atoms with Gasteiger partial charge in [-0.3, -0.25) is 10.1 Å². The summed E-state index contributed by atoms with van der Waals surface area (Å²) >= 11 is 1.27. The van der Waals surface area contributed by atoms with Crippen LogP contribution in [0.2, 0.25) is 0 Å². The van der Waals surface area contributed by atoms with Crippen molar-refractivity contribution in [3.8, 4) is 22.1 Å². The number of carbonyl (C=O) groups is 2. The molecule has 1 aromatic heterocycles. The predicted octanol–water partition coefficient (Wildman–Crippen LogP) is 3.86. The summed E-state index contributed by atoms with van der Waals surface area (Å²) in [7, 11) is 3.18. The Morgan fingerprint density at radius 3 is 2.56 bits per heavy atom. The fourth-order valence-electron chi connectivity index (χ4n) is 3.49. The Kier molecular flexibility index (Phi) is 6.50. The molecule has 1 saturated heterocycles. The van der Waals surface area contributed by atoms with Crippen LogP contribution < -0.4 is 20.1 Å². The summed E-state index contributed by atoms with van der Waals surface area (Å²) in [5.41, 5.74) is 1.48. The molecule has 4 rings (SSSR count). The maximum absolute atomic E-state index is 12.9. The summed E-state index contributed by atoms with van der Waals surface area (Å²) < 4.78 is 10.4. The standard InChI is InChI=1S/C22H23N5O4S/c1-30-16-10-8-15(9-11-16)23-22(29)27-12-4-7-18(27)19(28)24-21-26-25-20(32-21)14-5-3-6-17(13-14)31-2/h3,5-6,8-11,13,18H,4,7,12H2,1-2H3,(H,23,29)(H,24,26,28). The fourth-order valence-corrected chi connectivity index (χ4v) is 4.23. The number of hydrogen-bond acceptors (Lipinski definition) is 7. The smallest absolute Gasteiger partial charge is 0.322 e. The first-order valence-electron chi connectivity index (χ1n) is 10.1. The topological polar surface area (TPSA) is 106 Å². The van der Waals surface area contributed by atoms with Crippen molar-refractivity contribution in [2.75, 3.05) is 31.4 Å². The van der Waals surface area contributed by atoms with E-state index in [0.29, 0.717) is 40.3 Å². The Morgan fingerprint density at radius 2 is 1.81 bits per heavy atom. The largest absolute Gasteiger partial charge is 0.497 e. The Labute approximate surface area is 189 Å². The molecule has 3 aromatic rings. The van der Waals surface area contributed by atoms with Gasteiger partial charge >= 0.3 is 6.03 Å². The molecule has 1 aliphatic rings. The van der Waals surface area contributed by atoms with Gasteiger partial charge in [0.2, 0.25) is 11.0 Å². The summed E-state index contributed by atoms with van der Waals surface area (Å²) in [6.45, 7) is 0.505. The summed E-state index contributed by atoms with van der Waals surface area (Å²) in [4.78, 5) is 27.2. The van der Waals surface area contributed by atoms with Crippen LogP contribution in [0.25, 0.3) is 10.6 Å². The van der Waals surface area contributed by atoms with Crippen molar-refractivity contribution in [2.45, 2.75) is 18.9 Å². The second-order valence-electron chi connectivity index (χ2n) is 7.14. The van der Waals surface area contributed by atoms with E-state index in [1.165, 1.54) is 11.3 Å². The molecule has 32 heavy (non-hydrogen) atoms. The first kappa shape index (κ1) is 21.6. The first-order valence-corrected chi connectivity index (χ1v) is 10.9. The number of benzene rings is 2. The second kappa shape index (κ2) is 9.65. The highest BCUT2D eigenvalue weighted by atomic mass is 32.1. The van der Waals surface area contributed by atoms with E-state index >= 15 is 0 Å². The van der Waals surface area contributed by atoms with E-state index < -0.39 is 6.04 Å². The third kappa shape index (κ3) is 4.80. The molecule has 10 heteroatoms. The van der Waals surface area contributed by atoms with Gasteiger partial charge in [0.25, 0.3) is 0 Å². The highest BCUT2D eigenvalue weighted by molar-refractivity contribution is 7.18. The van der Waals surface area contributed by atoms with Crippen molar-refractivity contribution in [1.82, 2.24) is 15.1 Å². The zero-order chi connectivity index (χ0) is 22.5. The Balaban J connectivity index is 1.40. The van der Waals surface area contributed by atoms with Crippen molar-refractivity contribution in [3.05, 3.63) is 48.5 Å². The van der Waals surface area contributed by atoms with Gasteiger partial charge in [0.15, 0.2) is 0 Å². The van der Waals surface area contributed by atoms with Crippen LogP contribution in [0.15, 0.2) is 48.5 Å². The van der Waals surface area contributed by atoms with Gasteiger partial charge in [-0.1, -0.05) is 23.5 Å². The maximum atomic E-state index is 12.9. The van der Waals surface area contributed by atoms with Gasteiger partial charge in [0.05, 0.1) is 14.2 Å². The third-order valence-corrected chi connectivity index (χ3v) is 6.02. The quantitative estimate of drug-likeness (QED) is 0.587. The average molecular weight is 454 g/mol. The number of carbonyl (C=O) groups excluding carboxylic acids is 2. The molecular weight excluding hydrogens is 430 g/mol. The molecule has 0 radical (unpaired) electrons. The monoisotopic (exact) mass is 453 g/mol. The molecule has 3 amide bonds. The molecule has 0 saturated carbocycles. The number of nitrogens with one attached hydrogen (secondary N) is 2. The van der Waals surface area contributed by atoms with Gasteiger partial charge < -0.3 is 19.7 Å². The van der Waals surface area contributed by atoms with Crippen molar-refractivity contribution < 1.29 is 19.1 Å². The minimum Gasteiger partial charge on any atom is -0.497 e. The number of methoxy groups -OCH3 is 2. The number of likely N-dealkylation sites (tertiary alicyclic amines) is 1. The Hall–Kier alpha value is -3.66. The fraction of sp³-hybridized carbons (Fsp3) is 0.273. The van der Waals surface area contributed by atoms with E-state index in [-0.39, 0.29) is 11.9 Å². The van der Waals surface area contributed by atoms with Crippen LogP contribution in [0.3, 0.4) is 0 Å². The van der Waals surface area contributed by atoms with E-state index in [9.17, 15) is 9.59 Å². The Morgan fingerprint density at radius 1 is 1.03 bits per heavy atom. The molecule has 166 valence electrons. The number of hydrogen-bond donors (Lipinski definition) is 2. The van der Waals surface area contributed by atoms with E-state index in [0.717, 1.165) is 12.0 Å². The lowest BCUT2D eigenvalue weighted by molar-refractivity contribution is -0.119. The average Bonchev–Trinajstić information content (AvgIpc) is 3.49. The summed E-state index contributed by atoms with van der Waals surface area (Å²) in [6, 6.07) is 13.6. The van der Waals surface area contributed by atoms with Crippen LogP contribution >= 0.6 is 11.3 Å². The lowest BCUT2D eigenvalue weighted by atomic mass is 10.2. The first-order chi connectivity index (χ1) is 15.6. The molecule has 0 bridgehead atoms. The van der Waals surface area contributed by atoms with Crippen LogP contribution in [-0.4, -0.2) is 53.8 Å². The molecule has 1 atom stereocenters. The summed E-state index contributed by atoms with van der Waals surface area (Å²) in [6.07, 6.45) is 1.34. The van der Waals surface area contributed by atoms with Gasteiger partial charge in [-0.15, -0.1) is 10.2 Å². The zero-order valence-corrected chi connectivity index (χ0v) is 18.5. The molecule has 0 aliphatic carbocycles. The van der Waals surface area contributed by atoms with Crippen LogP contribution in [0.1, 0.15) is 12.8 Å². The normalized spacial score (nSPS) is 15.3. The van der Waals surface area contributed by atoms with Crippen molar-refractivity contribution >= 4 is 34.1 Å². The van der Waals surface area contributed by atoms with Crippen molar-refractivity contribution in [3.63, 3.8) is 0 Å². The Bertz CT molecular complexity index is 1100. The summed E-state index contributed by atoms with van der Waals surface area (Å²) in [5.74, 6) is 1.14. The van der Waals surface area contributed by atoms with Gasteiger partial charge in [-0.05, 0) is 49.2 Å². The number of anilines is 2. The highest BCUT2D eigenvalue weighted by Crippen LogP contribution is 2.29. The molecule has 1 unspecified atom stereocenters. The molecule has 2 aromatic carbocycles. The zero-order valence-electron chi connectivity index (χ0n) is 17.7. The number of aromatic nitrogens is 2. The number of amides is 3. The highest BCUT2D eigenvalue weighted by Gasteiger charge is 2.34. The lowest BCUT2D eigenvalue weighted by Crippen LogP contribution is -2.45. The number of urea groups is 1. The molecule has 2 heterocycles. The van der Waals surface area contributed by atoms with Crippen LogP contribution in [0.4, 0.5) is 15.6 Å². The third-order valence-electron chi connectivity index (χ3n) is 5.13. The van der Waals surface area contributed by atoms with Gasteiger partial charge in [0, 0.05) is 17.8 Å². The maximum Gasteiger partial charge on any atom is 0.322 e. The van der Waals surface area contributed by atoms with Crippen molar-refractivity contribution in [2.24, 2.45) is 0 Å². The van der Waals surface area contributed by atoms with Crippen LogP contribution in [-0.2, 0) is 4.79 Å². The molecule has 2 N–H and O–H groups in total. The van der Waals surface area contributed by atoms with E-state index in [4.69, 9.17) is 9.47 Å². The lowest BCUT2D eigenvalue weighted by Gasteiger charge is -2.23. The molecule has 9 nitrogen and oxygen atoms in total. The van der Waals surface area contributed by atoms with E-state index in [1.807, 2.05) is 24.3 Å². The van der Waals surface area contributed by atoms with Gasteiger partial charge in [-0.2, -0.15) is 0 Å². The minimum absolute atomic E-state index is 0.277. The molecule has 1 aliphatic heterocycles. The van der Waals surface area contributed by atoms with Gasteiger partial charge in [0.1, 0.15) is 22.5 Å². The number of ether oxygens (including phenoxy) is 2. The van der Waals surface area contributed by atoms with E-state index in [1.54, 1.807) is 43.4 Å². The SMILES string of the molecule is COc1ccc(NC(=O)N2CCCC2C(=O)Nc2nnc(-c3cccc(OC)c3)s2)cc1. The van der Waals surface area contributed by atoms with Gasteiger partial charge in [-0.25, -0.2) is 4.79 Å². The van der Waals surface area contributed by atoms with E-state index in [2.05, 4.69) is 20.8 Å². The molecule has 0 spiro atoms. The number of rotatable bonds is 6. The summed E-state index contributed by atoms with van der Waals surface area (Å²) in [5, 5.41) is 14.9.